The quantitative estimate of drug-likeness (QED) is 0.412. The van der Waals surface area contributed by atoms with Crippen molar-refractivity contribution >= 4 is 22.9 Å². The Morgan fingerprint density at radius 2 is 1.86 bits per heavy atom. The van der Waals surface area contributed by atoms with E-state index < -0.39 is 0 Å². The topological polar surface area (TPSA) is 86.5 Å². The van der Waals surface area contributed by atoms with Gasteiger partial charge in [-0.15, -0.1) is 0 Å². The number of benzene rings is 3. The van der Waals surface area contributed by atoms with Crippen LogP contribution < -0.4 is 14.9 Å². The van der Waals surface area contributed by atoms with Crippen molar-refractivity contribution < 1.29 is 9.47 Å². The maximum atomic E-state index is 5.37. The van der Waals surface area contributed by atoms with Gasteiger partial charge in [-0.05, 0) is 34.0 Å². The third kappa shape index (κ3) is 3.35. The lowest BCUT2D eigenvalue weighted by atomic mass is 10.1. The number of nitrogens with one attached hydrogen (secondary N) is 1. The molecule has 8 heteroatoms. The van der Waals surface area contributed by atoms with Gasteiger partial charge in [0.15, 0.2) is 0 Å². The summed E-state index contributed by atoms with van der Waals surface area (Å²) < 4.78 is 12.2. The number of fused-ring (bicyclic) bond motifs is 1. The van der Waals surface area contributed by atoms with Gasteiger partial charge in [0.2, 0.25) is 0 Å². The number of ether oxygens (including phenoxy) is 2. The molecule has 4 aromatic rings. The van der Waals surface area contributed by atoms with Gasteiger partial charge in [-0.3, -0.25) is 0 Å². The van der Waals surface area contributed by atoms with Crippen LogP contribution >= 0.6 is 0 Å². The molecular weight excluding hydrogens is 356 g/mol. The number of hydrazone groups is 1. The molecule has 0 saturated carbocycles. The average molecular weight is 374 g/mol. The molecule has 140 valence electrons. The molecule has 0 aliphatic carbocycles. The zero-order valence-corrected chi connectivity index (χ0v) is 15.4. The van der Waals surface area contributed by atoms with Gasteiger partial charge in [0.1, 0.15) is 11.5 Å². The number of hydrogen-bond acceptors (Lipinski definition) is 7. The van der Waals surface area contributed by atoms with Crippen molar-refractivity contribution in [1.29, 1.82) is 0 Å². The van der Waals surface area contributed by atoms with Gasteiger partial charge >= 0.3 is 0 Å². The van der Waals surface area contributed by atoms with E-state index in [0.717, 1.165) is 22.0 Å². The highest BCUT2D eigenvalue weighted by Crippen LogP contribution is 2.24. The zero-order chi connectivity index (χ0) is 19.3. The number of tetrazole rings is 1. The summed E-state index contributed by atoms with van der Waals surface area (Å²) in [5, 5.41) is 18.3. The van der Waals surface area contributed by atoms with Crippen LogP contribution in [0.3, 0.4) is 0 Å². The second-order valence-electron chi connectivity index (χ2n) is 5.89. The number of rotatable bonds is 6. The first-order valence-electron chi connectivity index (χ1n) is 8.58. The molecular formula is C20H18N6O2. The first-order chi connectivity index (χ1) is 13.8. The molecule has 28 heavy (non-hydrogen) atoms. The van der Waals surface area contributed by atoms with Crippen LogP contribution in [0.15, 0.2) is 65.8 Å². The molecule has 3 aromatic carbocycles. The van der Waals surface area contributed by atoms with Gasteiger partial charge in [0, 0.05) is 17.0 Å². The van der Waals surface area contributed by atoms with Crippen LogP contribution in [-0.4, -0.2) is 40.6 Å². The molecule has 0 radical (unpaired) electrons. The summed E-state index contributed by atoms with van der Waals surface area (Å²) in [5.74, 6) is 1.76. The van der Waals surface area contributed by atoms with Crippen molar-refractivity contribution in [3.05, 3.63) is 66.2 Å². The molecule has 0 atom stereocenters. The highest BCUT2D eigenvalue weighted by Gasteiger charge is 2.10. The number of hydrogen-bond donors (Lipinski definition) is 1. The summed E-state index contributed by atoms with van der Waals surface area (Å²) in [6, 6.07) is 19.5. The van der Waals surface area contributed by atoms with Crippen molar-refractivity contribution in [2.75, 3.05) is 19.6 Å². The Balaban J connectivity index is 1.61. The molecule has 1 aromatic heterocycles. The minimum absolute atomic E-state index is 0.403. The SMILES string of the molecule is COc1ccc(/C=N/Nc2nnnn2-c2cccc3ccccc23)c(OC)c1. The Morgan fingerprint density at radius 1 is 1.00 bits per heavy atom. The summed E-state index contributed by atoms with van der Waals surface area (Å²) in [7, 11) is 3.21. The maximum absolute atomic E-state index is 5.37. The van der Waals surface area contributed by atoms with Crippen molar-refractivity contribution in [1.82, 2.24) is 20.2 Å². The van der Waals surface area contributed by atoms with Gasteiger partial charge < -0.3 is 9.47 Å². The lowest BCUT2D eigenvalue weighted by Gasteiger charge is -2.08. The van der Waals surface area contributed by atoms with E-state index in [1.54, 1.807) is 31.2 Å². The second kappa shape index (κ2) is 7.75. The normalized spacial score (nSPS) is 11.1. The van der Waals surface area contributed by atoms with E-state index in [0.29, 0.717) is 17.4 Å². The van der Waals surface area contributed by atoms with E-state index in [1.165, 1.54) is 0 Å². The smallest absolute Gasteiger partial charge is 0.268 e. The zero-order valence-electron chi connectivity index (χ0n) is 15.4. The number of nitrogens with zero attached hydrogens (tertiary/aromatic N) is 5. The van der Waals surface area contributed by atoms with E-state index in [9.17, 15) is 0 Å². The minimum Gasteiger partial charge on any atom is -0.497 e. The monoisotopic (exact) mass is 374 g/mol. The molecule has 1 heterocycles. The van der Waals surface area contributed by atoms with Crippen LogP contribution in [0, 0.1) is 0 Å². The fourth-order valence-corrected chi connectivity index (χ4v) is 2.90. The van der Waals surface area contributed by atoms with Crippen LogP contribution in [0.5, 0.6) is 11.5 Å². The molecule has 0 unspecified atom stereocenters. The maximum Gasteiger partial charge on any atom is 0.268 e. The van der Waals surface area contributed by atoms with Crippen molar-refractivity contribution in [2.24, 2.45) is 5.10 Å². The molecule has 1 N–H and O–H groups in total. The first-order valence-corrected chi connectivity index (χ1v) is 8.58. The second-order valence-corrected chi connectivity index (χ2v) is 5.89. The van der Waals surface area contributed by atoms with Crippen LogP contribution in [0.4, 0.5) is 5.95 Å². The molecule has 0 aliphatic heterocycles. The predicted octanol–water partition coefficient (Wildman–Crippen LogP) is 3.28. The molecule has 8 nitrogen and oxygen atoms in total. The van der Waals surface area contributed by atoms with Gasteiger partial charge in [0.05, 0.1) is 26.1 Å². The minimum atomic E-state index is 0.403. The average Bonchev–Trinajstić information content (AvgIpc) is 3.21. The Bertz CT molecular complexity index is 1130. The van der Waals surface area contributed by atoms with Gasteiger partial charge in [-0.25, -0.2) is 5.43 Å². The molecule has 0 bridgehead atoms. The predicted molar refractivity (Wildman–Crippen MR) is 107 cm³/mol. The van der Waals surface area contributed by atoms with E-state index in [1.807, 2.05) is 54.6 Å². The Hall–Kier alpha value is -3.94. The van der Waals surface area contributed by atoms with Crippen LogP contribution in [-0.2, 0) is 0 Å². The fraction of sp³-hybridized carbons (Fsp3) is 0.100. The molecule has 4 rings (SSSR count). The summed E-state index contributed by atoms with van der Waals surface area (Å²) in [5.41, 5.74) is 4.55. The summed E-state index contributed by atoms with van der Waals surface area (Å²) in [6.07, 6.45) is 1.64. The summed E-state index contributed by atoms with van der Waals surface area (Å²) in [6.45, 7) is 0. The molecule has 0 saturated heterocycles. The standard InChI is InChI=1S/C20H18N6O2/c1-27-16-11-10-15(19(12-16)28-2)13-21-22-20-23-24-25-26(20)18-9-5-7-14-6-3-4-8-17(14)18/h3-13H,1-2H3,(H,22,23,25)/b21-13+. The summed E-state index contributed by atoms with van der Waals surface area (Å²) in [4.78, 5) is 0. The summed E-state index contributed by atoms with van der Waals surface area (Å²) >= 11 is 0. The van der Waals surface area contributed by atoms with Crippen molar-refractivity contribution in [2.45, 2.75) is 0 Å². The van der Waals surface area contributed by atoms with E-state index in [-0.39, 0.29) is 0 Å². The van der Waals surface area contributed by atoms with Crippen molar-refractivity contribution in [3.63, 3.8) is 0 Å². The highest BCUT2D eigenvalue weighted by molar-refractivity contribution is 5.90. The Morgan fingerprint density at radius 3 is 2.71 bits per heavy atom. The molecule has 0 amide bonds. The first kappa shape index (κ1) is 17.5. The number of aromatic nitrogens is 4. The number of anilines is 1. The van der Waals surface area contributed by atoms with Gasteiger partial charge in [0.25, 0.3) is 5.95 Å². The highest BCUT2D eigenvalue weighted by atomic mass is 16.5. The number of methoxy groups -OCH3 is 2. The Kier molecular flexibility index (Phi) is 4.83. The van der Waals surface area contributed by atoms with E-state index in [4.69, 9.17) is 9.47 Å². The lowest BCUT2D eigenvalue weighted by Crippen LogP contribution is -2.04. The largest absolute Gasteiger partial charge is 0.497 e. The third-order valence-corrected chi connectivity index (χ3v) is 4.27. The van der Waals surface area contributed by atoms with Crippen molar-refractivity contribution in [3.8, 4) is 17.2 Å². The van der Waals surface area contributed by atoms with E-state index >= 15 is 0 Å². The molecule has 0 aliphatic rings. The van der Waals surface area contributed by atoms with Gasteiger partial charge in [-0.2, -0.15) is 9.78 Å². The fourth-order valence-electron chi connectivity index (χ4n) is 2.90. The molecule has 0 fully saturated rings. The van der Waals surface area contributed by atoms with Gasteiger partial charge in [-0.1, -0.05) is 41.5 Å². The van der Waals surface area contributed by atoms with E-state index in [2.05, 4.69) is 26.1 Å². The molecule has 0 spiro atoms. The van der Waals surface area contributed by atoms with Crippen LogP contribution in [0.1, 0.15) is 5.56 Å². The lowest BCUT2D eigenvalue weighted by molar-refractivity contribution is 0.394. The Labute approximate surface area is 161 Å². The van der Waals surface area contributed by atoms with Crippen LogP contribution in [0.2, 0.25) is 0 Å². The third-order valence-electron chi connectivity index (χ3n) is 4.27. The van der Waals surface area contributed by atoms with Crippen LogP contribution in [0.25, 0.3) is 16.5 Å².